The number of rotatable bonds is 3. The molecule has 31 heavy (non-hydrogen) atoms. The normalized spacial score (nSPS) is 19.6. The summed E-state index contributed by atoms with van der Waals surface area (Å²) in [5, 5.41) is 2.11. The Bertz CT molecular complexity index is 1000. The third-order valence-electron chi connectivity index (χ3n) is 5.02. The van der Waals surface area contributed by atoms with E-state index in [2.05, 4.69) is 5.32 Å². The molecular weight excluding hydrogens is 433 g/mol. The maximum absolute atomic E-state index is 14.1. The lowest BCUT2D eigenvalue weighted by Crippen LogP contribution is -2.33. The van der Waals surface area contributed by atoms with Crippen molar-refractivity contribution in [1.29, 1.82) is 0 Å². The number of nitrogens with zero attached hydrogens (tertiary/aromatic N) is 1. The molecule has 1 fully saturated rings. The molecule has 0 aliphatic carbocycles. The Hall–Kier alpha value is -3.11. The molecule has 1 aliphatic heterocycles. The molecule has 11 heteroatoms. The summed E-state index contributed by atoms with van der Waals surface area (Å²) in [5.41, 5.74) is -2.41. The van der Waals surface area contributed by atoms with E-state index in [1.165, 1.54) is 11.9 Å². The van der Waals surface area contributed by atoms with Crippen LogP contribution in [0.1, 0.15) is 22.6 Å². The van der Waals surface area contributed by atoms with Crippen molar-refractivity contribution in [3.8, 4) is 0 Å². The molecule has 4 nitrogen and oxygen atoms in total. The summed E-state index contributed by atoms with van der Waals surface area (Å²) in [5.74, 6) is -5.17. The van der Waals surface area contributed by atoms with Crippen molar-refractivity contribution >= 4 is 17.5 Å². The highest BCUT2D eigenvalue weighted by molar-refractivity contribution is 6.08. The van der Waals surface area contributed by atoms with Crippen LogP contribution >= 0.6 is 0 Å². The molecule has 1 aliphatic rings. The van der Waals surface area contributed by atoms with Crippen LogP contribution in [0.15, 0.2) is 42.5 Å². The summed E-state index contributed by atoms with van der Waals surface area (Å²) >= 11 is 0. The van der Waals surface area contributed by atoms with Crippen LogP contribution in [0.2, 0.25) is 0 Å². The SMILES string of the molecule is CN1C[C@H](c2ccc(C(F)(F)F)cc2)[C@@H](C(=O)Nc2ccc(C(F)(F)F)cc2F)C1=O. The van der Waals surface area contributed by atoms with Gasteiger partial charge in [-0.1, -0.05) is 12.1 Å². The fourth-order valence-electron chi connectivity index (χ4n) is 3.42. The number of benzene rings is 2. The number of hydrogen-bond donors (Lipinski definition) is 1. The predicted octanol–water partition coefficient (Wildman–Crippen LogP) is 4.67. The number of anilines is 1. The average Bonchev–Trinajstić information content (AvgIpc) is 2.97. The molecule has 0 bridgehead atoms. The van der Waals surface area contributed by atoms with E-state index in [-0.39, 0.29) is 12.6 Å². The Kier molecular flexibility index (Phi) is 5.72. The van der Waals surface area contributed by atoms with Crippen molar-refractivity contribution in [2.75, 3.05) is 18.9 Å². The molecule has 1 heterocycles. The number of likely N-dealkylation sites (N-methyl/N-ethyl adjacent to an activating group) is 1. The van der Waals surface area contributed by atoms with Gasteiger partial charge in [-0.3, -0.25) is 9.59 Å². The number of hydrogen-bond acceptors (Lipinski definition) is 2. The predicted molar refractivity (Wildman–Crippen MR) is 95.3 cm³/mol. The number of alkyl halides is 6. The molecule has 0 aromatic heterocycles. The Balaban J connectivity index is 1.85. The average molecular weight is 448 g/mol. The van der Waals surface area contributed by atoms with Gasteiger partial charge in [-0.05, 0) is 35.9 Å². The molecule has 2 amide bonds. The maximum atomic E-state index is 14.1. The second-order valence-electron chi connectivity index (χ2n) is 7.10. The second-order valence-corrected chi connectivity index (χ2v) is 7.10. The molecule has 1 N–H and O–H groups in total. The van der Waals surface area contributed by atoms with E-state index in [9.17, 15) is 40.3 Å². The quantitative estimate of drug-likeness (QED) is 0.548. The number of likely N-dealkylation sites (tertiary alicyclic amines) is 1. The summed E-state index contributed by atoms with van der Waals surface area (Å²) < 4.78 is 90.4. The van der Waals surface area contributed by atoms with E-state index < -0.39 is 58.6 Å². The number of halogens is 7. The van der Waals surface area contributed by atoms with Crippen LogP contribution in [0, 0.1) is 11.7 Å². The van der Waals surface area contributed by atoms with Gasteiger partial charge in [0.25, 0.3) is 0 Å². The van der Waals surface area contributed by atoms with Gasteiger partial charge in [0.1, 0.15) is 11.7 Å². The molecule has 1 saturated heterocycles. The molecular formula is C20H15F7N2O2. The minimum atomic E-state index is -4.78. The van der Waals surface area contributed by atoms with Crippen LogP contribution in [0.25, 0.3) is 0 Å². The third-order valence-corrected chi connectivity index (χ3v) is 5.02. The van der Waals surface area contributed by atoms with Crippen molar-refractivity contribution in [3.63, 3.8) is 0 Å². The van der Waals surface area contributed by atoms with Crippen LogP contribution in [0.3, 0.4) is 0 Å². The van der Waals surface area contributed by atoms with Gasteiger partial charge < -0.3 is 10.2 Å². The monoisotopic (exact) mass is 448 g/mol. The zero-order chi connectivity index (χ0) is 23.1. The van der Waals surface area contributed by atoms with Gasteiger partial charge >= 0.3 is 12.4 Å². The molecule has 166 valence electrons. The van der Waals surface area contributed by atoms with E-state index >= 15 is 0 Å². The van der Waals surface area contributed by atoms with Crippen LogP contribution in [-0.2, 0) is 21.9 Å². The van der Waals surface area contributed by atoms with E-state index in [0.29, 0.717) is 11.6 Å². The van der Waals surface area contributed by atoms with E-state index in [4.69, 9.17) is 0 Å². The van der Waals surface area contributed by atoms with Gasteiger partial charge in [0.05, 0.1) is 16.8 Å². The van der Waals surface area contributed by atoms with Crippen molar-refractivity contribution in [1.82, 2.24) is 4.90 Å². The standard InChI is InChI=1S/C20H15F7N2O2/c1-29-9-13(10-2-4-11(5-3-10)19(22,23)24)16(18(29)31)17(30)28-15-7-6-12(8-14(15)21)20(25,26)27/h2-8,13,16H,9H2,1H3,(H,28,30)/t13-,16+/m1/s1. The first kappa shape index (κ1) is 22.6. The van der Waals surface area contributed by atoms with Crippen molar-refractivity contribution in [2.45, 2.75) is 18.3 Å². The van der Waals surface area contributed by atoms with Crippen LogP contribution in [0.5, 0.6) is 0 Å². The number of nitrogens with one attached hydrogen (secondary N) is 1. The van der Waals surface area contributed by atoms with Gasteiger partial charge in [0.15, 0.2) is 0 Å². The van der Waals surface area contributed by atoms with E-state index in [0.717, 1.165) is 30.3 Å². The minimum absolute atomic E-state index is 0.0256. The molecule has 2 aromatic rings. The topological polar surface area (TPSA) is 49.4 Å². The lowest BCUT2D eigenvalue weighted by atomic mass is 9.87. The van der Waals surface area contributed by atoms with Crippen molar-refractivity contribution < 1.29 is 40.3 Å². The number of amides is 2. The summed E-state index contributed by atoms with van der Waals surface area (Å²) in [7, 11) is 1.39. The van der Waals surface area contributed by atoms with Gasteiger partial charge in [0.2, 0.25) is 11.8 Å². The smallest absolute Gasteiger partial charge is 0.344 e. The Morgan fingerprint density at radius 3 is 2.03 bits per heavy atom. The highest BCUT2D eigenvalue weighted by Crippen LogP contribution is 2.37. The Labute approximate surface area is 171 Å². The first-order valence-corrected chi connectivity index (χ1v) is 8.89. The first-order valence-electron chi connectivity index (χ1n) is 8.89. The minimum Gasteiger partial charge on any atom is -0.344 e. The fourth-order valence-corrected chi connectivity index (χ4v) is 3.42. The number of carbonyl (C=O) groups is 2. The first-order chi connectivity index (χ1) is 14.3. The zero-order valence-corrected chi connectivity index (χ0v) is 15.8. The summed E-state index contributed by atoms with van der Waals surface area (Å²) in [6.45, 7) is 0.0256. The molecule has 0 radical (unpaired) electrons. The molecule has 2 atom stereocenters. The molecule has 0 saturated carbocycles. The second kappa shape index (κ2) is 7.86. The van der Waals surface area contributed by atoms with Gasteiger partial charge in [-0.25, -0.2) is 4.39 Å². The Morgan fingerprint density at radius 1 is 0.968 bits per heavy atom. The third kappa shape index (κ3) is 4.64. The van der Waals surface area contributed by atoms with Crippen LogP contribution in [-0.4, -0.2) is 30.3 Å². The van der Waals surface area contributed by atoms with Crippen LogP contribution in [0.4, 0.5) is 36.4 Å². The number of carbonyl (C=O) groups excluding carboxylic acids is 2. The maximum Gasteiger partial charge on any atom is 0.416 e. The lowest BCUT2D eigenvalue weighted by Gasteiger charge is -2.18. The largest absolute Gasteiger partial charge is 0.416 e. The van der Waals surface area contributed by atoms with E-state index in [1.54, 1.807) is 0 Å². The van der Waals surface area contributed by atoms with Crippen LogP contribution < -0.4 is 5.32 Å². The lowest BCUT2D eigenvalue weighted by molar-refractivity contribution is -0.138. The molecule has 3 rings (SSSR count). The van der Waals surface area contributed by atoms with Gasteiger partial charge in [-0.2, -0.15) is 26.3 Å². The highest BCUT2D eigenvalue weighted by atomic mass is 19.4. The van der Waals surface area contributed by atoms with E-state index in [1.807, 2.05) is 0 Å². The molecule has 0 spiro atoms. The molecule has 0 unspecified atom stereocenters. The summed E-state index contributed by atoms with van der Waals surface area (Å²) in [6, 6.07) is 5.47. The van der Waals surface area contributed by atoms with Gasteiger partial charge in [0, 0.05) is 19.5 Å². The summed E-state index contributed by atoms with van der Waals surface area (Å²) in [4.78, 5) is 26.4. The zero-order valence-electron chi connectivity index (χ0n) is 15.8. The Morgan fingerprint density at radius 2 is 1.52 bits per heavy atom. The van der Waals surface area contributed by atoms with Crippen molar-refractivity contribution in [2.24, 2.45) is 5.92 Å². The highest BCUT2D eigenvalue weighted by Gasteiger charge is 2.44. The fraction of sp³-hybridized carbons (Fsp3) is 0.300. The molecule has 2 aromatic carbocycles. The van der Waals surface area contributed by atoms with Gasteiger partial charge in [-0.15, -0.1) is 0 Å². The van der Waals surface area contributed by atoms with Crippen molar-refractivity contribution in [3.05, 3.63) is 65.0 Å². The summed E-state index contributed by atoms with van der Waals surface area (Å²) in [6.07, 6.45) is -9.33.